The maximum Gasteiger partial charge on any atom is 0.225 e. The van der Waals surface area contributed by atoms with E-state index in [1.54, 1.807) is 6.20 Å². The van der Waals surface area contributed by atoms with Crippen molar-refractivity contribution in [2.75, 3.05) is 5.32 Å². The third kappa shape index (κ3) is 1.98. The van der Waals surface area contributed by atoms with Crippen molar-refractivity contribution < 1.29 is 4.79 Å². The molecule has 2 aromatic carbocycles. The number of amides is 1. The van der Waals surface area contributed by atoms with Gasteiger partial charge in [0.1, 0.15) is 0 Å². The molecule has 1 aliphatic heterocycles. The van der Waals surface area contributed by atoms with Gasteiger partial charge in [0, 0.05) is 30.4 Å². The molecule has 3 aromatic rings. The van der Waals surface area contributed by atoms with E-state index in [4.69, 9.17) is 0 Å². The molecule has 1 aliphatic rings. The molecule has 1 aromatic heterocycles. The Morgan fingerprint density at radius 2 is 1.95 bits per heavy atom. The molecule has 1 N–H and O–H groups in total. The summed E-state index contributed by atoms with van der Waals surface area (Å²) >= 11 is 0. The van der Waals surface area contributed by atoms with Crippen molar-refractivity contribution in [1.29, 1.82) is 0 Å². The first-order valence-corrected chi connectivity index (χ1v) is 7.04. The van der Waals surface area contributed by atoms with Crippen molar-refractivity contribution in [3.8, 4) is 0 Å². The fourth-order valence-electron chi connectivity index (χ4n) is 3.14. The number of rotatable bonds is 1. The topological polar surface area (TPSA) is 42.0 Å². The van der Waals surface area contributed by atoms with Crippen LogP contribution in [0.3, 0.4) is 0 Å². The van der Waals surface area contributed by atoms with Crippen molar-refractivity contribution in [1.82, 2.24) is 4.98 Å². The SMILES string of the molecule is O=C1C[C@H](c2cccnc2)c2c(ccc3ccccc23)N1. The highest BCUT2D eigenvalue weighted by Crippen LogP contribution is 2.41. The van der Waals surface area contributed by atoms with Crippen LogP contribution in [0.2, 0.25) is 0 Å². The van der Waals surface area contributed by atoms with Crippen LogP contribution in [0.4, 0.5) is 5.69 Å². The molecule has 102 valence electrons. The number of hydrogen-bond acceptors (Lipinski definition) is 2. The van der Waals surface area contributed by atoms with Gasteiger partial charge in [-0.25, -0.2) is 0 Å². The van der Waals surface area contributed by atoms with Crippen LogP contribution in [0, 0.1) is 0 Å². The van der Waals surface area contributed by atoms with Crippen LogP contribution in [0.5, 0.6) is 0 Å². The van der Waals surface area contributed by atoms with Crippen molar-refractivity contribution in [3.05, 3.63) is 72.1 Å². The van der Waals surface area contributed by atoms with Crippen LogP contribution < -0.4 is 5.32 Å². The normalized spacial score (nSPS) is 17.3. The second-order valence-electron chi connectivity index (χ2n) is 5.34. The van der Waals surface area contributed by atoms with E-state index in [2.05, 4.69) is 28.5 Å². The number of aromatic nitrogens is 1. The van der Waals surface area contributed by atoms with Gasteiger partial charge in [-0.05, 0) is 34.0 Å². The quantitative estimate of drug-likeness (QED) is 0.735. The van der Waals surface area contributed by atoms with E-state index in [9.17, 15) is 4.79 Å². The van der Waals surface area contributed by atoms with E-state index >= 15 is 0 Å². The molecule has 0 spiro atoms. The largest absolute Gasteiger partial charge is 0.326 e. The van der Waals surface area contributed by atoms with Gasteiger partial charge in [0.25, 0.3) is 0 Å². The van der Waals surface area contributed by atoms with Gasteiger partial charge >= 0.3 is 0 Å². The van der Waals surface area contributed by atoms with Crippen molar-refractivity contribution in [2.24, 2.45) is 0 Å². The number of carbonyl (C=O) groups is 1. The maximum absolute atomic E-state index is 12.0. The Bertz CT molecular complexity index is 827. The minimum Gasteiger partial charge on any atom is -0.326 e. The van der Waals surface area contributed by atoms with E-state index in [1.165, 1.54) is 16.3 Å². The minimum absolute atomic E-state index is 0.0617. The monoisotopic (exact) mass is 274 g/mol. The van der Waals surface area contributed by atoms with Crippen molar-refractivity contribution >= 4 is 22.4 Å². The van der Waals surface area contributed by atoms with Gasteiger partial charge in [-0.3, -0.25) is 9.78 Å². The molecular formula is C18H14N2O. The summed E-state index contributed by atoms with van der Waals surface area (Å²) in [5.41, 5.74) is 3.20. The number of nitrogens with zero attached hydrogens (tertiary/aromatic N) is 1. The lowest BCUT2D eigenvalue weighted by Gasteiger charge is -2.27. The van der Waals surface area contributed by atoms with Crippen LogP contribution >= 0.6 is 0 Å². The number of nitrogens with one attached hydrogen (secondary N) is 1. The summed E-state index contributed by atoms with van der Waals surface area (Å²) in [6.45, 7) is 0. The Hall–Kier alpha value is -2.68. The highest BCUT2D eigenvalue weighted by atomic mass is 16.1. The molecule has 0 fully saturated rings. The van der Waals surface area contributed by atoms with E-state index in [-0.39, 0.29) is 11.8 Å². The number of fused-ring (bicyclic) bond motifs is 3. The van der Waals surface area contributed by atoms with Gasteiger partial charge in [0.15, 0.2) is 0 Å². The summed E-state index contributed by atoms with van der Waals surface area (Å²) in [7, 11) is 0. The Morgan fingerprint density at radius 1 is 1.05 bits per heavy atom. The molecule has 3 heteroatoms. The predicted octanol–water partition coefficient (Wildman–Crippen LogP) is 3.71. The lowest BCUT2D eigenvalue weighted by Crippen LogP contribution is -2.23. The van der Waals surface area contributed by atoms with Crippen molar-refractivity contribution in [2.45, 2.75) is 12.3 Å². The minimum atomic E-state index is 0.0617. The van der Waals surface area contributed by atoms with E-state index in [0.29, 0.717) is 6.42 Å². The summed E-state index contributed by atoms with van der Waals surface area (Å²) in [6, 6.07) is 16.3. The lowest BCUT2D eigenvalue weighted by molar-refractivity contribution is -0.116. The van der Waals surface area contributed by atoms with E-state index in [0.717, 1.165) is 11.3 Å². The Balaban J connectivity index is 2.00. The summed E-state index contributed by atoms with van der Waals surface area (Å²) in [5.74, 6) is 0.125. The summed E-state index contributed by atoms with van der Waals surface area (Å²) in [5, 5.41) is 5.39. The van der Waals surface area contributed by atoms with Gasteiger partial charge in [-0.1, -0.05) is 36.4 Å². The molecule has 0 unspecified atom stereocenters. The molecule has 0 aliphatic carbocycles. The zero-order chi connectivity index (χ0) is 14.2. The molecule has 0 radical (unpaired) electrons. The molecule has 0 bridgehead atoms. The molecule has 1 amide bonds. The van der Waals surface area contributed by atoms with Gasteiger partial charge in [0.2, 0.25) is 5.91 Å². The first kappa shape index (κ1) is 12.1. The summed E-state index contributed by atoms with van der Waals surface area (Å²) in [4.78, 5) is 16.2. The van der Waals surface area contributed by atoms with Gasteiger partial charge in [-0.2, -0.15) is 0 Å². The number of anilines is 1. The fraction of sp³-hybridized carbons (Fsp3) is 0.111. The number of hydrogen-bond donors (Lipinski definition) is 1. The molecule has 1 atom stereocenters. The van der Waals surface area contributed by atoms with Crippen LogP contribution in [0.25, 0.3) is 10.8 Å². The molecule has 4 rings (SSSR count). The molecule has 0 saturated heterocycles. The Kier molecular flexibility index (Phi) is 2.71. The second kappa shape index (κ2) is 4.70. The molecular weight excluding hydrogens is 260 g/mol. The number of benzene rings is 2. The van der Waals surface area contributed by atoms with E-state index < -0.39 is 0 Å². The summed E-state index contributed by atoms with van der Waals surface area (Å²) < 4.78 is 0. The molecule has 2 heterocycles. The zero-order valence-electron chi connectivity index (χ0n) is 11.4. The van der Waals surface area contributed by atoms with Crippen LogP contribution in [-0.2, 0) is 4.79 Å². The third-order valence-electron chi connectivity index (χ3n) is 4.07. The maximum atomic E-state index is 12.0. The molecule has 0 saturated carbocycles. The fourth-order valence-corrected chi connectivity index (χ4v) is 3.14. The highest BCUT2D eigenvalue weighted by Gasteiger charge is 2.28. The van der Waals surface area contributed by atoms with Crippen molar-refractivity contribution in [3.63, 3.8) is 0 Å². The zero-order valence-corrected chi connectivity index (χ0v) is 11.4. The molecule has 21 heavy (non-hydrogen) atoms. The first-order chi connectivity index (χ1) is 10.3. The lowest BCUT2D eigenvalue weighted by atomic mass is 9.82. The predicted molar refractivity (Wildman–Crippen MR) is 83.3 cm³/mol. The standard InChI is InChI=1S/C18H14N2O/c21-17-10-15(13-5-3-9-19-11-13)18-14-6-2-1-4-12(14)7-8-16(18)20-17/h1-9,11,15H,10H2,(H,20,21)/t15-/m1/s1. The third-order valence-corrected chi connectivity index (χ3v) is 4.07. The summed E-state index contributed by atoms with van der Waals surface area (Å²) in [6.07, 6.45) is 4.08. The Labute approximate surface area is 122 Å². The smallest absolute Gasteiger partial charge is 0.225 e. The van der Waals surface area contributed by atoms with Gasteiger partial charge in [-0.15, -0.1) is 0 Å². The average molecular weight is 274 g/mol. The van der Waals surface area contributed by atoms with Gasteiger partial charge < -0.3 is 5.32 Å². The highest BCUT2D eigenvalue weighted by molar-refractivity contribution is 6.01. The van der Waals surface area contributed by atoms with E-state index in [1.807, 2.05) is 36.5 Å². The average Bonchev–Trinajstić information content (AvgIpc) is 2.54. The van der Waals surface area contributed by atoms with Gasteiger partial charge in [0.05, 0.1) is 0 Å². The van der Waals surface area contributed by atoms with Crippen LogP contribution in [-0.4, -0.2) is 10.9 Å². The Morgan fingerprint density at radius 3 is 2.81 bits per heavy atom. The second-order valence-corrected chi connectivity index (χ2v) is 5.34. The number of carbonyl (C=O) groups excluding carboxylic acids is 1. The molecule has 3 nitrogen and oxygen atoms in total. The first-order valence-electron chi connectivity index (χ1n) is 7.04. The van der Waals surface area contributed by atoms with Crippen LogP contribution in [0.1, 0.15) is 23.5 Å². The number of pyridine rings is 1. The van der Waals surface area contributed by atoms with Crippen LogP contribution in [0.15, 0.2) is 60.9 Å².